The van der Waals surface area contributed by atoms with Crippen molar-refractivity contribution in [2.75, 3.05) is 6.61 Å². The first kappa shape index (κ1) is 15.6. The highest BCUT2D eigenvalue weighted by molar-refractivity contribution is 5.72. The maximum atomic E-state index is 11.8. The highest BCUT2D eigenvalue weighted by Crippen LogP contribution is 2.13. The van der Waals surface area contributed by atoms with Crippen molar-refractivity contribution in [2.45, 2.75) is 20.0 Å². The molecule has 0 unspecified atom stereocenters. The van der Waals surface area contributed by atoms with Crippen LogP contribution in [0.15, 0.2) is 48.5 Å². The van der Waals surface area contributed by atoms with E-state index < -0.39 is 0 Å². The molecule has 0 saturated carbocycles. The molecule has 22 heavy (non-hydrogen) atoms. The standard InChI is InChI=1S/C18H17NO3/c1-2-21-17-9-7-14(8-10-17)11-18(20)22-13-16-5-3-15(12-19)4-6-16/h3-10H,2,11,13H2,1H3. The van der Waals surface area contributed by atoms with Crippen LogP contribution in [0, 0.1) is 11.3 Å². The molecule has 0 radical (unpaired) electrons. The zero-order valence-electron chi connectivity index (χ0n) is 12.4. The summed E-state index contributed by atoms with van der Waals surface area (Å²) in [4.78, 5) is 11.8. The molecule has 0 heterocycles. The van der Waals surface area contributed by atoms with E-state index in [1.54, 1.807) is 24.3 Å². The van der Waals surface area contributed by atoms with Gasteiger partial charge in [-0.1, -0.05) is 24.3 Å². The van der Waals surface area contributed by atoms with Crippen LogP contribution in [0.25, 0.3) is 0 Å². The molecule has 0 bridgehead atoms. The minimum atomic E-state index is -0.284. The van der Waals surface area contributed by atoms with Crippen molar-refractivity contribution in [3.8, 4) is 11.8 Å². The SMILES string of the molecule is CCOc1ccc(CC(=O)OCc2ccc(C#N)cc2)cc1. The molecule has 0 spiro atoms. The van der Waals surface area contributed by atoms with Crippen molar-refractivity contribution < 1.29 is 14.3 Å². The van der Waals surface area contributed by atoms with Crippen LogP contribution in [-0.2, 0) is 22.6 Å². The molecule has 0 saturated heterocycles. The number of ether oxygens (including phenoxy) is 2. The highest BCUT2D eigenvalue weighted by Gasteiger charge is 2.06. The quantitative estimate of drug-likeness (QED) is 0.768. The Kier molecular flexibility index (Phi) is 5.56. The van der Waals surface area contributed by atoms with E-state index in [0.29, 0.717) is 12.2 Å². The van der Waals surface area contributed by atoms with Crippen LogP contribution in [0.1, 0.15) is 23.6 Å². The van der Waals surface area contributed by atoms with Crippen molar-refractivity contribution >= 4 is 5.97 Å². The molecule has 0 N–H and O–H groups in total. The summed E-state index contributed by atoms with van der Waals surface area (Å²) in [5, 5.41) is 8.72. The third kappa shape index (κ3) is 4.64. The van der Waals surface area contributed by atoms with Gasteiger partial charge in [0, 0.05) is 0 Å². The maximum absolute atomic E-state index is 11.8. The van der Waals surface area contributed by atoms with Crippen LogP contribution < -0.4 is 4.74 Å². The van der Waals surface area contributed by atoms with Crippen LogP contribution in [0.5, 0.6) is 5.75 Å². The van der Waals surface area contributed by atoms with Gasteiger partial charge in [0.05, 0.1) is 24.7 Å². The van der Waals surface area contributed by atoms with Gasteiger partial charge in [-0.3, -0.25) is 4.79 Å². The van der Waals surface area contributed by atoms with E-state index in [2.05, 4.69) is 0 Å². The number of hydrogen-bond acceptors (Lipinski definition) is 4. The molecule has 0 aromatic heterocycles. The summed E-state index contributed by atoms with van der Waals surface area (Å²) in [6.45, 7) is 2.75. The van der Waals surface area contributed by atoms with Gasteiger partial charge in [0.25, 0.3) is 0 Å². The Morgan fingerprint density at radius 2 is 1.68 bits per heavy atom. The summed E-state index contributed by atoms with van der Waals surface area (Å²) < 4.78 is 10.6. The number of carbonyl (C=O) groups is 1. The molecule has 0 atom stereocenters. The van der Waals surface area contributed by atoms with Gasteiger partial charge in [-0.25, -0.2) is 0 Å². The smallest absolute Gasteiger partial charge is 0.310 e. The highest BCUT2D eigenvalue weighted by atomic mass is 16.5. The van der Waals surface area contributed by atoms with Gasteiger partial charge in [-0.05, 0) is 42.3 Å². The number of esters is 1. The minimum Gasteiger partial charge on any atom is -0.494 e. The minimum absolute atomic E-state index is 0.210. The van der Waals surface area contributed by atoms with Crippen LogP contribution in [0.4, 0.5) is 0 Å². The van der Waals surface area contributed by atoms with Crippen molar-refractivity contribution in [2.24, 2.45) is 0 Å². The lowest BCUT2D eigenvalue weighted by molar-refractivity contribution is -0.144. The third-order valence-electron chi connectivity index (χ3n) is 3.07. The summed E-state index contributed by atoms with van der Waals surface area (Å²) in [5.41, 5.74) is 2.33. The van der Waals surface area contributed by atoms with Gasteiger partial charge in [0.15, 0.2) is 0 Å². The summed E-state index contributed by atoms with van der Waals surface area (Å²) >= 11 is 0. The largest absolute Gasteiger partial charge is 0.494 e. The Morgan fingerprint density at radius 3 is 2.27 bits per heavy atom. The average molecular weight is 295 g/mol. The van der Waals surface area contributed by atoms with Gasteiger partial charge in [-0.15, -0.1) is 0 Å². The molecule has 0 aliphatic carbocycles. The van der Waals surface area contributed by atoms with E-state index in [1.165, 1.54) is 0 Å². The first-order valence-corrected chi connectivity index (χ1v) is 7.07. The Bertz CT molecular complexity index is 654. The van der Waals surface area contributed by atoms with Crippen LogP contribution in [0.3, 0.4) is 0 Å². The van der Waals surface area contributed by atoms with Crippen LogP contribution >= 0.6 is 0 Å². The molecule has 2 aromatic rings. The molecule has 2 aromatic carbocycles. The monoisotopic (exact) mass is 295 g/mol. The molecule has 112 valence electrons. The lowest BCUT2D eigenvalue weighted by atomic mass is 10.1. The number of rotatable bonds is 6. The van der Waals surface area contributed by atoms with Crippen molar-refractivity contribution in [1.82, 2.24) is 0 Å². The second-order valence-corrected chi connectivity index (χ2v) is 4.72. The zero-order valence-corrected chi connectivity index (χ0v) is 12.4. The molecule has 0 amide bonds. The fourth-order valence-corrected chi connectivity index (χ4v) is 1.93. The van der Waals surface area contributed by atoms with E-state index in [-0.39, 0.29) is 19.0 Å². The number of hydrogen-bond donors (Lipinski definition) is 0. The van der Waals surface area contributed by atoms with E-state index in [0.717, 1.165) is 16.9 Å². The number of benzene rings is 2. The van der Waals surface area contributed by atoms with Gasteiger partial charge in [0.1, 0.15) is 12.4 Å². The number of nitrogens with zero attached hydrogens (tertiary/aromatic N) is 1. The topological polar surface area (TPSA) is 59.3 Å². The van der Waals surface area contributed by atoms with E-state index in [1.807, 2.05) is 37.3 Å². The van der Waals surface area contributed by atoms with Gasteiger partial charge < -0.3 is 9.47 Å². The van der Waals surface area contributed by atoms with Crippen molar-refractivity contribution in [3.05, 3.63) is 65.2 Å². The predicted octanol–water partition coefficient (Wildman–Crippen LogP) is 3.24. The molecular formula is C18H17NO3. The molecule has 0 fully saturated rings. The second-order valence-electron chi connectivity index (χ2n) is 4.72. The first-order valence-electron chi connectivity index (χ1n) is 7.07. The van der Waals surface area contributed by atoms with Gasteiger partial charge >= 0.3 is 5.97 Å². The second kappa shape index (κ2) is 7.84. The van der Waals surface area contributed by atoms with E-state index in [9.17, 15) is 4.79 Å². The summed E-state index contributed by atoms with van der Waals surface area (Å²) in [7, 11) is 0. The Labute approximate surface area is 129 Å². The fraction of sp³-hybridized carbons (Fsp3) is 0.222. The van der Waals surface area contributed by atoms with Crippen LogP contribution in [-0.4, -0.2) is 12.6 Å². The lowest BCUT2D eigenvalue weighted by Gasteiger charge is -2.06. The Balaban J connectivity index is 1.83. The average Bonchev–Trinajstić information content (AvgIpc) is 2.55. The van der Waals surface area contributed by atoms with Crippen LogP contribution in [0.2, 0.25) is 0 Å². The van der Waals surface area contributed by atoms with Gasteiger partial charge in [0.2, 0.25) is 0 Å². The first-order chi connectivity index (χ1) is 10.7. The van der Waals surface area contributed by atoms with E-state index >= 15 is 0 Å². The molecule has 4 nitrogen and oxygen atoms in total. The molecule has 2 rings (SSSR count). The molecular weight excluding hydrogens is 278 g/mol. The third-order valence-corrected chi connectivity index (χ3v) is 3.07. The number of nitriles is 1. The van der Waals surface area contributed by atoms with Gasteiger partial charge in [-0.2, -0.15) is 5.26 Å². The summed E-state index contributed by atoms with van der Waals surface area (Å²) in [6, 6.07) is 16.4. The Hall–Kier alpha value is -2.80. The van der Waals surface area contributed by atoms with Crippen molar-refractivity contribution in [1.29, 1.82) is 5.26 Å². The molecule has 0 aliphatic heterocycles. The predicted molar refractivity (Wildman–Crippen MR) is 82.3 cm³/mol. The lowest BCUT2D eigenvalue weighted by Crippen LogP contribution is -2.08. The summed E-state index contributed by atoms with van der Waals surface area (Å²) in [6.07, 6.45) is 0.225. The number of carbonyl (C=O) groups excluding carboxylic acids is 1. The Morgan fingerprint density at radius 1 is 1.05 bits per heavy atom. The fourth-order valence-electron chi connectivity index (χ4n) is 1.93. The van der Waals surface area contributed by atoms with E-state index in [4.69, 9.17) is 14.7 Å². The molecule has 4 heteroatoms. The molecule has 0 aliphatic rings. The maximum Gasteiger partial charge on any atom is 0.310 e. The summed E-state index contributed by atoms with van der Waals surface area (Å²) in [5.74, 6) is 0.505. The van der Waals surface area contributed by atoms with Crippen molar-refractivity contribution in [3.63, 3.8) is 0 Å². The zero-order chi connectivity index (χ0) is 15.8. The normalized spacial score (nSPS) is 9.82.